The lowest BCUT2D eigenvalue weighted by Crippen LogP contribution is -1.98. The van der Waals surface area contributed by atoms with Gasteiger partial charge in [0, 0.05) is 5.25 Å². The molecule has 0 nitrogen and oxygen atoms in total. The van der Waals surface area contributed by atoms with E-state index < -0.39 is 0 Å². The molecule has 1 heterocycles. The Morgan fingerprint density at radius 2 is 1.39 bits per heavy atom. The molecule has 1 aliphatic rings. The third kappa shape index (κ3) is 8.85. The lowest BCUT2D eigenvalue weighted by molar-refractivity contribution is 0.551. The molecule has 0 spiro atoms. The van der Waals surface area contributed by atoms with Gasteiger partial charge in [-0.2, -0.15) is 0 Å². The van der Waals surface area contributed by atoms with Gasteiger partial charge in [-0.1, -0.05) is 89.4 Å². The van der Waals surface area contributed by atoms with Gasteiger partial charge < -0.3 is 0 Å². The zero-order valence-electron chi connectivity index (χ0n) is 12.1. The second-order valence-electron chi connectivity index (χ2n) is 5.36. The van der Waals surface area contributed by atoms with E-state index in [0.29, 0.717) is 0 Å². The summed E-state index contributed by atoms with van der Waals surface area (Å²) in [5.74, 6) is 0. The standard InChI is InChI=1S/C17H30S/c1-2-3-4-5-6-7-8-9-10-11-14-17-15-12-13-16-18-17/h12-13,15-17H,2-11,14H2,1H3. The van der Waals surface area contributed by atoms with E-state index in [1.807, 2.05) is 11.8 Å². The first-order valence-corrected chi connectivity index (χ1v) is 8.86. The number of thioether (sulfide) groups is 1. The Labute approximate surface area is 118 Å². The molecule has 0 saturated carbocycles. The molecule has 104 valence electrons. The Balaban J connectivity index is 1.76. The van der Waals surface area contributed by atoms with E-state index in [0.717, 1.165) is 5.25 Å². The monoisotopic (exact) mass is 266 g/mol. The highest BCUT2D eigenvalue weighted by molar-refractivity contribution is 8.02. The third-order valence-electron chi connectivity index (χ3n) is 3.61. The van der Waals surface area contributed by atoms with Crippen molar-refractivity contribution in [3.8, 4) is 0 Å². The minimum absolute atomic E-state index is 0.754. The average Bonchev–Trinajstić information content (AvgIpc) is 2.42. The fourth-order valence-electron chi connectivity index (χ4n) is 2.42. The first-order chi connectivity index (χ1) is 8.93. The molecule has 0 saturated heterocycles. The predicted octanol–water partition coefficient (Wildman–Crippen LogP) is 6.48. The summed E-state index contributed by atoms with van der Waals surface area (Å²) < 4.78 is 0. The molecule has 0 bridgehead atoms. The van der Waals surface area contributed by atoms with Crippen LogP contribution >= 0.6 is 11.8 Å². The van der Waals surface area contributed by atoms with E-state index >= 15 is 0 Å². The van der Waals surface area contributed by atoms with E-state index in [2.05, 4.69) is 30.6 Å². The van der Waals surface area contributed by atoms with Crippen molar-refractivity contribution in [2.45, 2.75) is 82.8 Å². The summed E-state index contributed by atoms with van der Waals surface area (Å²) in [4.78, 5) is 0. The second-order valence-corrected chi connectivity index (χ2v) is 6.51. The van der Waals surface area contributed by atoms with Crippen molar-refractivity contribution < 1.29 is 0 Å². The smallest absolute Gasteiger partial charge is 0.0271 e. The summed E-state index contributed by atoms with van der Waals surface area (Å²) in [5, 5.41) is 2.98. The van der Waals surface area contributed by atoms with Crippen molar-refractivity contribution in [3.05, 3.63) is 23.6 Å². The van der Waals surface area contributed by atoms with Crippen molar-refractivity contribution in [1.29, 1.82) is 0 Å². The quantitative estimate of drug-likeness (QED) is 0.385. The van der Waals surface area contributed by atoms with Crippen LogP contribution < -0.4 is 0 Å². The van der Waals surface area contributed by atoms with Crippen LogP contribution in [0.25, 0.3) is 0 Å². The van der Waals surface area contributed by atoms with Gasteiger partial charge in [0.05, 0.1) is 0 Å². The molecule has 0 fully saturated rings. The van der Waals surface area contributed by atoms with E-state index in [4.69, 9.17) is 0 Å². The van der Waals surface area contributed by atoms with Crippen LogP contribution in [0.1, 0.15) is 77.6 Å². The Morgan fingerprint density at radius 3 is 1.94 bits per heavy atom. The normalized spacial score (nSPS) is 18.4. The molecule has 1 aliphatic heterocycles. The molecule has 1 heteroatoms. The van der Waals surface area contributed by atoms with Crippen molar-refractivity contribution in [2.24, 2.45) is 0 Å². The molecule has 18 heavy (non-hydrogen) atoms. The molecule has 0 aromatic carbocycles. The topological polar surface area (TPSA) is 0 Å². The zero-order chi connectivity index (χ0) is 12.9. The van der Waals surface area contributed by atoms with Gasteiger partial charge in [-0.25, -0.2) is 0 Å². The SMILES string of the molecule is CCCCCCCCCCCCC1C=CC=CS1. The van der Waals surface area contributed by atoms with E-state index in [1.54, 1.807) is 0 Å². The minimum Gasteiger partial charge on any atom is -0.127 e. The number of rotatable bonds is 11. The molecule has 0 amide bonds. The minimum atomic E-state index is 0.754. The molecule has 0 aliphatic carbocycles. The molecule has 1 atom stereocenters. The molecule has 0 aromatic rings. The Morgan fingerprint density at radius 1 is 0.778 bits per heavy atom. The number of allylic oxidation sites excluding steroid dienone is 2. The second kappa shape index (κ2) is 11.9. The van der Waals surface area contributed by atoms with Crippen LogP contribution in [0.15, 0.2) is 23.6 Å². The first-order valence-electron chi connectivity index (χ1n) is 7.92. The van der Waals surface area contributed by atoms with Gasteiger partial charge in [-0.05, 0) is 11.8 Å². The van der Waals surface area contributed by atoms with Crippen molar-refractivity contribution in [2.75, 3.05) is 0 Å². The lowest BCUT2D eigenvalue weighted by atomic mass is 10.1. The van der Waals surface area contributed by atoms with Crippen LogP contribution in [0, 0.1) is 0 Å². The van der Waals surface area contributed by atoms with E-state index in [1.165, 1.54) is 70.6 Å². The lowest BCUT2D eigenvalue weighted by Gasteiger charge is -2.11. The first kappa shape index (κ1) is 15.9. The summed E-state index contributed by atoms with van der Waals surface area (Å²) >= 11 is 1.98. The van der Waals surface area contributed by atoms with Crippen molar-refractivity contribution in [3.63, 3.8) is 0 Å². The molecule has 0 aromatic heterocycles. The highest BCUT2D eigenvalue weighted by Gasteiger charge is 2.04. The van der Waals surface area contributed by atoms with Gasteiger partial charge in [-0.15, -0.1) is 11.8 Å². The van der Waals surface area contributed by atoms with Gasteiger partial charge >= 0.3 is 0 Å². The largest absolute Gasteiger partial charge is 0.127 e. The fourth-order valence-corrected chi connectivity index (χ4v) is 3.29. The van der Waals surface area contributed by atoms with Gasteiger partial charge in [0.2, 0.25) is 0 Å². The molecular formula is C17H30S. The summed E-state index contributed by atoms with van der Waals surface area (Å²) in [6, 6.07) is 0. The average molecular weight is 266 g/mol. The van der Waals surface area contributed by atoms with Crippen LogP contribution in [0.5, 0.6) is 0 Å². The van der Waals surface area contributed by atoms with Crippen LogP contribution in [0.2, 0.25) is 0 Å². The maximum absolute atomic E-state index is 2.35. The summed E-state index contributed by atoms with van der Waals surface area (Å²) in [7, 11) is 0. The van der Waals surface area contributed by atoms with Gasteiger partial charge in [0.25, 0.3) is 0 Å². The van der Waals surface area contributed by atoms with Gasteiger partial charge in [0.15, 0.2) is 0 Å². The Hall–Kier alpha value is -0.170. The van der Waals surface area contributed by atoms with E-state index in [-0.39, 0.29) is 0 Å². The van der Waals surface area contributed by atoms with Gasteiger partial charge in [0.1, 0.15) is 0 Å². The van der Waals surface area contributed by atoms with Crippen molar-refractivity contribution in [1.82, 2.24) is 0 Å². The van der Waals surface area contributed by atoms with Crippen LogP contribution in [0.4, 0.5) is 0 Å². The molecule has 0 radical (unpaired) electrons. The highest BCUT2D eigenvalue weighted by Crippen LogP contribution is 2.23. The zero-order valence-corrected chi connectivity index (χ0v) is 12.9. The van der Waals surface area contributed by atoms with Gasteiger partial charge in [-0.3, -0.25) is 0 Å². The fraction of sp³-hybridized carbons (Fsp3) is 0.765. The van der Waals surface area contributed by atoms with Crippen LogP contribution in [-0.2, 0) is 0 Å². The number of unbranched alkanes of at least 4 members (excludes halogenated alkanes) is 9. The molecular weight excluding hydrogens is 236 g/mol. The molecule has 1 rings (SSSR count). The molecule has 1 unspecified atom stereocenters. The van der Waals surface area contributed by atoms with Crippen molar-refractivity contribution >= 4 is 11.8 Å². The molecule has 0 N–H and O–H groups in total. The third-order valence-corrected chi connectivity index (χ3v) is 4.67. The number of hydrogen-bond donors (Lipinski definition) is 0. The highest BCUT2D eigenvalue weighted by atomic mass is 32.2. The van der Waals surface area contributed by atoms with E-state index in [9.17, 15) is 0 Å². The maximum Gasteiger partial charge on any atom is 0.0271 e. The maximum atomic E-state index is 2.35. The predicted molar refractivity (Wildman–Crippen MR) is 86.1 cm³/mol. The van der Waals surface area contributed by atoms with Crippen LogP contribution in [-0.4, -0.2) is 5.25 Å². The Kier molecular flexibility index (Phi) is 10.5. The van der Waals surface area contributed by atoms with Crippen LogP contribution in [0.3, 0.4) is 0 Å². The Bertz CT molecular complexity index is 230. The number of hydrogen-bond acceptors (Lipinski definition) is 1. The summed E-state index contributed by atoms with van der Waals surface area (Å²) in [6.45, 7) is 2.29. The summed E-state index contributed by atoms with van der Waals surface area (Å²) in [5.41, 5.74) is 0. The summed E-state index contributed by atoms with van der Waals surface area (Å²) in [6.07, 6.45) is 22.4.